The molecule has 9 heteroatoms. The summed E-state index contributed by atoms with van der Waals surface area (Å²) in [5.41, 5.74) is 0.511. The zero-order chi connectivity index (χ0) is 19.2. The van der Waals surface area contributed by atoms with Crippen molar-refractivity contribution in [2.75, 3.05) is 38.0 Å². The predicted molar refractivity (Wildman–Crippen MR) is 101 cm³/mol. The van der Waals surface area contributed by atoms with E-state index >= 15 is 0 Å². The topological polar surface area (TPSA) is 101 Å². The van der Waals surface area contributed by atoms with Crippen LogP contribution in [0.15, 0.2) is 18.2 Å². The summed E-state index contributed by atoms with van der Waals surface area (Å²) in [4.78, 5) is 12.4. The minimum absolute atomic E-state index is 0.0711. The highest BCUT2D eigenvalue weighted by Gasteiger charge is 2.18. The highest BCUT2D eigenvalue weighted by molar-refractivity contribution is 6.28. The largest absolute Gasteiger partial charge is 0.493 e. The number of hydrogen-bond donors (Lipinski definition) is 3. The third-order valence-corrected chi connectivity index (χ3v) is 3.77. The number of nitrogens with one attached hydrogen (secondary N) is 2. The molecule has 0 aliphatic heterocycles. The molecule has 0 aliphatic carbocycles. The van der Waals surface area contributed by atoms with Gasteiger partial charge in [-0.1, -0.05) is 6.07 Å². The minimum Gasteiger partial charge on any atom is -0.493 e. The third kappa shape index (κ3) is 5.60. The molecule has 0 unspecified atom stereocenters. The fraction of sp³-hybridized carbons (Fsp3) is 0.471. The number of halogens is 1. The molecular weight excluding hydrogens is 358 g/mol. The smallest absolute Gasteiger partial charge is 0.229 e. The summed E-state index contributed by atoms with van der Waals surface area (Å²) >= 11 is 5.96. The molecule has 1 aromatic carbocycles. The average molecular weight is 382 g/mol. The van der Waals surface area contributed by atoms with Crippen LogP contribution in [-0.4, -0.2) is 53.0 Å². The van der Waals surface area contributed by atoms with E-state index < -0.39 is 5.54 Å². The summed E-state index contributed by atoms with van der Waals surface area (Å²) in [7, 11) is 3.21. The Balaban J connectivity index is 2.00. The average Bonchev–Trinajstić information content (AvgIpc) is 2.60. The lowest BCUT2D eigenvalue weighted by Gasteiger charge is -2.23. The van der Waals surface area contributed by atoms with Crippen LogP contribution in [-0.2, 0) is 6.42 Å². The summed E-state index contributed by atoms with van der Waals surface area (Å²) in [5, 5.41) is 15.6. The van der Waals surface area contributed by atoms with Gasteiger partial charge in [-0.2, -0.15) is 15.0 Å². The maximum Gasteiger partial charge on any atom is 0.229 e. The number of ether oxygens (including phenoxy) is 2. The van der Waals surface area contributed by atoms with Crippen molar-refractivity contribution in [1.82, 2.24) is 15.0 Å². The number of benzene rings is 1. The quantitative estimate of drug-likeness (QED) is 0.608. The van der Waals surface area contributed by atoms with E-state index in [0.29, 0.717) is 29.9 Å². The molecule has 1 heterocycles. The van der Waals surface area contributed by atoms with Crippen molar-refractivity contribution in [3.63, 3.8) is 0 Å². The highest BCUT2D eigenvalue weighted by Crippen LogP contribution is 2.27. The van der Waals surface area contributed by atoms with Gasteiger partial charge in [0, 0.05) is 6.54 Å². The molecule has 0 spiro atoms. The molecule has 0 amide bonds. The van der Waals surface area contributed by atoms with Gasteiger partial charge in [0.2, 0.25) is 17.2 Å². The third-order valence-electron chi connectivity index (χ3n) is 3.60. The maximum absolute atomic E-state index is 9.34. The van der Waals surface area contributed by atoms with Gasteiger partial charge in [0.05, 0.1) is 26.4 Å². The fourth-order valence-corrected chi connectivity index (χ4v) is 2.34. The zero-order valence-corrected chi connectivity index (χ0v) is 16.1. The molecule has 2 aromatic rings. The SMILES string of the molecule is COc1ccc(CCNc2nc(Cl)nc(NC(C)(C)CO)n2)cc1OC. The van der Waals surface area contributed by atoms with Crippen LogP contribution < -0.4 is 20.1 Å². The molecule has 1 aromatic heterocycles. The molecular formula is C17H24ClN5O3. The molecule has 8 nitrogen and oxygen atoms in total. The minimum atomic E-state index is -0.568. The lowest BCUT2D eigenvalue weighted by atomic mass is 10.1. The van der Waals surface area contributed by atoms with E-state index in [2.05, 4.69) is 25.6 Å². The van der Waals surface area contributed by atoms with Crippen LogP contribution in [0.1, 0.15) is 19.4 Å². The van der Waals surface area contributed by atoms with Crippen molar-refractivity contribution >= 4 is 23.5 Å². The summed E-state index contributed by atoms with van der Waals surface area (Å²) in [6.45, 7) is 4.18. The van der Waals surface area contributed by atoms with Crippen LogP contribution in [0, 0.1) is 0 Å². The summed E-state index contributed by atoms with van der Waals surface area (Å²) < 4.78 is 10.5. The monoisotopic (exact) mass is 381 g/mol. The molecule has 0 aliphatic rings. The summed E-state index contributed by atoms with van der Waals surface area (Å²) in [5.74, 6) is 2.04. The van der Waals surface area contributed by atoms with Gasteiger partial charge < -0.3 is 25.2 Å². The van der Waals surface area contributed by atoms with Gasteiger partial charge in [0.15, 0.2) is 11.5 Å². The van der Waals surface area contributed by atoms with E-state index in [1.54, 1.807) is 14.2 Å². The van der Waals surface area contributed by atoms with E-state index in [4.69, 9.17) is 21.1 Å². The van der Waals surface area contributed by atoms with E-state index in [1.165, 1.54) is 0 Å². The van der Waals surface area contributed by atoms with Crippen molar-refractivity contribution in [1.29, 1.82) is 0 Å². The summed E-state index contributed by atoms with van der Waals surface area (Å²) in [6, 6.07) is 5.77. The van der Waals surface area contributed by atoms with E-state index in [9.17, 15) is 5.11 Å². The van der Waals surface area contributed by atoms with Gasteiger partial charge >= 0.3 is 0 Å². The first-order chi connectivity index (χ1) is 12.4. The molecule has 142 valence electrons. The Morgan fingerprint density at radius 1 is 1.08 bits per heavy atom. The number of hydrogen-bond acceptors (Lipinski definition) is 8. The van der Waals surface area contributed by atoms with Gasteiger partial charge in [-0.15, -0.1) is 0 Å². The molecule has 3 N–H and O–H groups in total. The summed E-state index contributed by atoms with van der Waals surface area (Å²) in [6.07, 6.45) is 0.731. The number of nitrogens with zero attached hydrogens (tertiary/aromatic N) is 3. The standard InChI is InChI=1S/C17H24ClN5O3/c1-17(2,10-24)23-16-21-14(18)20-15(22-16)19-8-7-11-5-6-12(25-3)13(9-11)26-4/h5-6,9,24H,7-8,10H2,1-4H3,(H2,19,20,21,22,23). The van der Waals surface area contributed by atoms with Gasteiger partial charge in [-0.25, -0.2) is 0 Å². The van der Waals surface area contributed by atoms with Crippen LogP contribution in [0.25, 0.3) is 0 Å². The lowest BCUT2D eigenvalue weighted by molar-refractivity contribution is 0.233. The first-order valence-corrected chi connectivity index (χ1v) is 8.50. The van der Waals surface area contributed by atoms with Crippen LogP contribution in [0.4, 0.5) is 11.9 Å². The van der Waals surface area contributed by atoms with E-state index in [1.807, 2.05) is 32.0 Å². The Bertz CT molecular complexity index is 742. The Morgan fingerprint density at radius 2 is 1.77 bits per heavy atom. The molecule has 0 fully saturated rings. The van der Waals surface area contributed by atoms with Crippen molar-refractivity contribution < 1.29 is 14.6 Å². The van der Waals surface area contributed by atoms with Crippen LogP contribution in [0.2, 0.25) is 5.28 Å². The Hall–Kier alpha value is -2.32. The first kappa shape index (κ1) is 20.0. The predicted octanol–water partition coefficient (Wildman–Crippen LogP) is 2.38. The molecule has 0 radical (unpaired) electrons. The second kappa shape index (κ2) is 8.86. The van der Waals surface area contributed by atoms with E-state index in [0.717, 1.165) is 12.0 Å². The molecule has 2 rings (SSSR count). The van der Waals surface area contributed by atoms with Crippen LogP contribution in [0.5, 0.6) is 11.5 Å². The van der Waals surface area contributed by atoms with E-state index in [-0.39, 0.29) is 11.9 Å². The molecule has 0 atom stereocenters. The van der Waals surface area contributed by atoms with Gasteiger partial charge in [0.1, 0.15) is 0 Å². The normalized spacial score (nSPS) is 11.2. The van der Waals surface area contributed by atoms with Crippen LogP contribution >= 0.6 is 11.6 Å². The van der Waals surface area contributed by atoms with Crippen LogP contribution in [0.3, 0.4) is 0 Å². The number of rotatable bonds is 9. The van der Waals surface area contributed by atoms with Crippen molar-refractivity contribution in [2.45, 2.75) is 25.8 Å². The number of aliphatic hydroxyl groups is 1. The van der Waals surface area contributed by atoms with Crippen molar-refractivity contribution in [3.05, 3.63) is 29.0 Å². The molecule has 26 heavy (non-hydrogen) atoms. The maximum atomic E-state index is 9.34. The first-order valence-electron chi connectivity index (χ1n) is 8.12. The van der Waals surface area contributed by atoms with Gasteiger partial charge in [-0.05, 0) is 49.6 Å². The Labute approximate surface area is 157 Å². The number of aliphatic hydroxyl groups excluding tert-OH is 1. The van der Waals surface area contributed by atoms with Gasteiger partial charge in [0.25, 0.3) is 0 Å². The number of aromatic nitrogens is 3. The highest BCUT2D eigenvalue weighted by atomic mass is 35.5. The number of anilines is 2. The van der Waals surface area contributed by atoms with Crippen molar-refractivity contribution in [3.8, 4) is 11.5 Å². The molecule has 0 bridgehead atoms. The second-order valence-corrected chi connectivity index (χ2v) is 6.62. The van der Waals surface area contributed by atoms with Crippen molar-refractivity contribution in [2.24, 2.45) is 0 Å². The lowest BCUT2D eigenvalue weighted by Crippen LogP contribution is -2.35. The Kier molecular flexibility index (Phi) is 6.82. The second-order valence-electron chi connectivity index (χ2n) is 6.28. The molecule has 0 saturated heterocycles. The Morgan fingerprint density at radius 3 is 2.42 bits per heavy atom. The fourth-order valence-electron chi connectivity index (χ4n) is 2.18. The molecule has 0 saturated carbocycles. The number of methoxy groups -OCH3 is 2. The van der Waals surface area contributed by atoms with Gasteiger partial charge in [-0.3, -0.25) is 0 Å². The zero-order valence-electron chi connectivity index (χ0n) is 15.3.